The molecule has 1 unspecified atom stereocenters. The third-order valence-electron chi connectivity index (χ3n) is 3.84. The van der Waals surface area contributed by atoms with Gasteiger partial charge in [0.25, 0.3) is 0 Å². The molecule has 2 aliphatic rings. The van der Waals surface area contributed by atoms with Crippen LogP contribution in [-0.4, -0.2) is 18.0 Å². The van der Waals surface area contributed by atoms with E-state index in [-0.39, 0.29) is 0 Å². The zero-order chi connectivity index (χ0) is 9.80. The first kappa shape index (κ1) is 10.1. The zero-order valence-corrected chi connectivity index (χ0v) is 9.47. The molecule has 1 nitrogen and oxygen atoms in total. The average Bonchev–Trinajstić information content (AvgIpc) is 2.30. The van der Waals surface area contributed by atoms with E-state index >= 15 is 0 Å². The summed E-state index contributed by atoms with van der Waals surface area (Å²) in [7, 11) is 0. The van der Waals surface area contributed by atoms with Crippen LogP contribution in [0.2, 0.25) is 0 Å². The van der Waals surface area contributed by atoms with Crippen LogP contribution in [0.4, 0.5) is 0 Å². The van der Waals surface area contributed by atoms with Gasteiger partial charge in [-0.2, -0.15) is 0 Å². The zero-order valence-electron chi connectivity index (χ0n) is 9.47. The summed E-state index contributed by atoms with van der Waals surface area (Å²) in [6.07, 6.45) is 12.3. The van der Waals surface area contributed by atoms with Gasteiger partial charge in [0.1, 0.15) is 0 Å². The molecule has 1 aliphatic heterocycles. The van der Waals surface area contributed by atoms with Crippen LogP contribution in [0.5, 0.6) is 0 Å². The largest absolute Gasteiger partial charge is 0.375 e. The molecule has 1 fully saturated rings. The molecule has 0 aromatic heterocycles. The maximum Gasteiger partial charge on any atom is 0.0174 e. The lowest BCUT2D eigenvalue weighted by Crippen LogP contribution is -2.30. The predicted octanol–water partition coefficient (Wildman–Crippen LogP) is 3.57. The molecule has 0 radical (unpaired) electrons. The Hall–Kier alpha value is -0.460. The summed E-state index contributed by atoms with van der Waals surface area (Å²) in [5.74, 6) is 0.976. The van der Waals surface area contributed by atoms with Crippen LogP contribution in [0, 0.1) is 5.92 Å². The topological polar surface area (TPSA) is 3.24 Å². The average molecular weight is 193 g/mol. The Kier molecular flexibility index (Phi) is 3.49. The molecule has 1 atom stereocenters. The van der Waals surface area contributed by atoms with E-state index < -0.39 is 0 Å². The van der Waals surface area contributed by atoms with Crippen molar-refractivity contribution in [2.75, 3.05) is 13.1 Å². The van der Waals surface area contributed by atoms with Crippen LogP contribution in [0.15, 0.2) is 11.8 Å². The van der Waals surface area contributed by atoms with Crippen molar-refractivity contribution >= 4 is 0 Å². The molecular formula is C13H23N. The second-order valence-corrected chi connectivity index (χ2v) is 4.79. The van der Waals surface area contributed by atoms with Crippen molar-refractivity contribution in [2.24, 2.45) is 5.92 Å². The molecule has 0 N–H and O–H groups in total. The van der Waals surface area contributed by atoms with E-state index in [1.807, 2.05) is 0 Å². The molecule has 0 saturated carbocycles. The fourth-order valence-corrected chi connectivity index (χ4v) is 2.71. The number of nitrogens with zero attached hydrogens (tertiary/aromatic N) is 1. The number of piperidine rings is 1. The number of hydrogen-bond acceptors (Lipinski definition) is 1. The number of hydrogen-bond donors (Lipinski definition) is 0. The van der Waals surface area contributed by atoms with Crippen molar-refractivity contribution in [3.8, 4) is 0 Å². The molecule has 0 bridgehead atoms. The van der Waals surface area contributed by atoms with E-state index in [1.165, 1.54) is 58.0 Å². The second-order valence-electron chi connectivity index (χ2n) is 4.79. The molecule has 1 aliphatic carbocycles. The predicted molar refractivity (Wildman–Crippen MR) is 61.1 cm³/mol. The SMILES string of the molecule is CCC1CC=C(N2CCCCC2)CC1. The van der Waals surface area contributed by atoms with Crippen molar-refractivity contribution in [3.63, 3.8) is 0 Å². The van der Waals surface area contributed by atoms with Crippen molar-refractivity contribution in [3.05, 3.63) is 11.8 Å². The summed E-state index contributed by atoms with van der Waals surface area (Å²) >= 11 is 0. The monoisotopic (exact) mass is 193 g/mol. The molecule has 0 aromatic rings. The highest BCUT2D eigenvalue weighted by Gasteiger charge is 2.18. The Morgan fingerprint density at radius 1 is 1.29 bits per heavy atom. The minimum absolute atomic E-state index is 0.976. The van der Waals surface area contributed by atoms with Gasteiger partial charge in [-0.1, -0.05) is 19.4 Å². The summed E-state index contributed by atoms with van der Waals surface area (Å²) < 4.78 is 0. The Morgan fingerprint density at radius 3 is 2.64 bits per heavy atom. The van der Waals surface area contributed by atoms with Crippen LogP contribution in [-0.2, 0) is 0 Å². The normalized spacial score (nSPS) is 28.8. The summed E-state index contributed by atoms with van der Waals surface area (Å²) in [4.78, 5) is 2.63. The molecular weight excluding hydrogens is 170 g/mol. The quantitative estimate of drug-likeness (QED) is 0.648. The summed E-state index contributed by atoms with van der Waals surface area (Å²) in [6.45, 7) is 4.97. The molecule has 0 spiro atoms. The van der Waals surface area contributed by atoms with Crippen LogP contribution in [0.1, 0.15) is 51.9 Å². The van der Waals surface area contributed by atoms with Crippen LogP contribution in [0.3, 0.4) is 0 Å². The van der Waals surface area contributed by atoms with Gasteiger partial charge in [0.2, 0.25) is 0 Å². The third-order valence-corrected chi connectivity index (χ3v) is 3.84. The highest BCUT2D eigenvalue weighted by molar-refractivity contribution is 5.06. The molecule has 1 heteroatoms. The van der Waals surface area contributed by atoms with Gasteiger partial charge in [-0.3, -0.25) is 0 Å². The Morgan fingerprint density at radius 2 is 2.07 bits per heavy atom. The lowest BCUT2D eigenvalue weighted by molar-refractivity contribution is 0.261. The fraction of sp³-hybridized carbons (Fsp3) is 0.846. The molecule has 0 amide bonds. The van der Waals surface area contributed by atoms with Crippen LogP contribution in [0.25, 0.3) is 0 Å². The molecule has 1 heterocycles. The van der Waals surface area contributed by atoms with Crippen LogP contribution < -0.4 is 0 Å². The van der Waals surface area contributed by atoms with Gasteiger partial charge in [-0.05, 0) is 44.4 Å². The smallest absolute Gasteiger partial charge is 0.0174 e. The lowest BCUT2D eigenvalue weighted by atomic mass is 9.89. The first-order chi connectivity index (χ1) is 6.90. The maximum absolute atomic E-state index is 2.63. The van der Waals surface area contributed by atoms with Gasteiger partial charge in [-0.15, -0.1) is 0 Å². The maximum atomic E-state index is 2.63. The van der Waals surface area contributed by atoms with Gasteiger partial charge in [0.05, 0.1) is 0 Å². The molecule has 14 heavy (non-hydrogen) atoms. The highest BCUT2D eigenvalue weighted by Crippen LogP contribution is 2.29. The molecule has 1 saturated heterocycles. The first-order valence-corrected chi connectivity index (χ1v) is 6.34. The van der Waals surface area contributed by atoms with Gasteiger partial charge < -0.3 is 4.90 Å². The third kappa shape index (κ3) is 2.31. The van der Waals surface area contributed by atoms with E-state index in [2.05, 4.69) is 17.9 Å². The first-order valence-electron chi connectivity index (χ1n) is 6.34. The molecule has 2 rings (SSSR count). The van der Waals surface area contributed by atoms with Gasteiger partial charge in [-0.25, -0.2) is 0 Å². The highest BCUT2D eigenvalue weighted by atomic mass is 15.1. The minimum atomic E-state index is 0.976. The number of rotatable bonds is 2. The van der Waals surface area contributed by atoms with Gasteiger partial charge in [0.15, 0.2) is 0 Å². The van der Waals surface area contributed by atoms with Crippen molar-refractivity contribution in [1.29, 1.82) is 0 Å². The van der Waals surface area contributed by atoms with E-state index in [0.717, 1.165) is 5.92 Å². The van der Waals surface area contributed by atoms with Crippen molar-refractivity contribution < 1.29 is 0 Å². The molecule has 0 aromatic carbocycles. The second kappa shape index (κ2) is 4.86. The summed E-state index contributed by atoms with van der Waals surface area (Å²) in [5, 5.41) is 0. The number of likely N-dealkylation sites (tertiary alicyclic amines) is 1. The van der Waals surface area contributed by atoms with E-state index in [0.29, 0.717) is 0 Å². The number of allylic oxidation sites excluding steroid dienone is 2. The standard InChI is InChI=1S/C13H23N/c1-2-12-6-8-13(9-7-12)14-10-4-3-5-11-14/h8,12H,2-7,9-11H2,1H3. The Balaban J connectivity index is 1.88. The van der Waals surface area contributed by atoms with Crippen molar-refractivity contribution in [1.82, 2.24) is 4.90 Å². The van der Waals surface area contributed by atoms with Gasteiger partial charge >= 0.3 is 0 Å². The van der Waals surface area contributed by atoms with Crippen LogP contribution >= 0.6 is 0 Å². The Labute approximate surface area is 88.2 Å². The molecule has 80 valence electrons. The van der Waals surface area contributed by atoms with Crippen molar-refractivity contribution in [2.45, 2.75) is 51.9 Å². The lowest BCUT2D eigenvalue weighted by Gasteiger charge is -2.34. The van der Waals surface area contributed by atoms with Gasteiger partial charge in [0, 0.05) is 18.8 Å². The Bertz CT molecular complexity index is 201. The van der Waals surface area contributed by atoms with E-state index in [9.17, 15) is 0 Å². The van der Waals surface area contributed by atoms with E-state index in [1.54, 1.807) is 5.70 Å². The summed E-state index contributed by atoms with van der Waals surface area (Å²) in [5.41, 5.74) is 1.66. The summed E-state index contributed by atoms with van der Waals surface area (Å²) in [6, 6.07) is 0. The van der Waals surface area contributed by atoms with E-state index in [4.69, 9.17) is 0 Å². The minimum Gasteiger partial charge on any atom is -0.375 e. The fourth-order valence-electron chi connectivity index (χ4n) is 2.71.